The van der Waals surface area contributed by atoms with Crippen LogP contribution in [0.2, 0.25) is 0 Å². The van der Waals surface area contributed by atoms with Gasteiger partial charge in [-0.1, -0.05) is 0 Å². The summed E-state index contributed by atoms with van der Waals surface area (Å²) in [7, 11) is 1.53. The molecule has 1 saturated carbocycles. The molecule has 0 bridgehead atoms. The minimum absolute atomic E-state index is 0.0337. The van der Waals surface area contributed by atoms with E-state index in [1.54, 1.807) is 0 Å². The summed E-state index contributed by atoms with van der Waals surface area (Å²) >= 11 is 0. The molecule has 0 unspecified atom stereocenters. The topological polar surface area (TPSA) is 49.3 Å². The molecule has 1 fully saturated rings. The van der Waals surface area contributed by atoms with Crippen molar-refractivity contribution in [2.45, 2.75) is 37.8 Å². The monoisotopic (exact) mass is 155 g/mol. The Morgan fingerprint density at radius 2 is 1.91 bits per heavy atom. The molecule has 1 aliphatic rings. The third kappa shape index (κ3) is 2.93. The van der Waals surface area contributed by atoms with Crippen LogP contribution < -0.4 is 5.32 Å². The van der Waals surface area contributed by atoms with E-state index in [1.807, 2.05) is 0 Å². The standard InChI is InChI=1S/C7H14BNO2/c8-7(11)9-5-1-3-6(10)4-2-5/h5-6,10H,1-4,8H2,(H,9,11). The van der Waals surface area contributed by atoms with Gasteiger partial charge in [0.2, 0.25) is 7.85 Å². The first-order chi connectivity index (χ1) is 5.18. The van der Waals surface area contributed by atoms with Crippen LogP contribution in [0.3, 0.4) is 0 Å². The summed E-state index contributed by atoms with van der Waals surface area (Å²) in [5.41, 5.74) is 0. The highest BCUT2D eigenvalue weighted by Crippen LogP contribution is 2.17. The summed E-state index contributed by atoms with van der Waals surface area (Å²) in [6.45, 7) is 0. The maximum atomic E-state index is 10.6. The first kappa shape index (κ1) is 8.59. The predicted octanol–water partition coefficient (Wildman–Crippen LogP) is -0.367. The lowest BCUT2D eigenvalue weighted by atomic mass is 9.92. The highest BCUT2D eigenvalue weighted by molar-refractivity contribution is 6.57. The molecular weight excluding hydrogens is 141 g/mol. The molecule has 0 aromatic heterocycles. The zero-order chi connectivity index (χ0) is 8.27. The lowest BCUT2D eigenvalue weighted by molar-refractivity contribution is 0.118. The van der Waals surface area contributed by atoms with Crippen molar-refractivity contribution in [3.63, 3.8) is 0 Å². The van der Waals surface area contributed by atoms with Crippen molar-refractivity contribution in [1.29, 1.82) is 0 Å². The van der Waals surface area contributed by atoms with Crippen LogP contribution in [0.4, 0.5) is 4.79 Å². The molecule has 0 radical (unpaired) electrons. The Bertz CT molecular complexity index is 143. The van der Waals surface area contributed by atoms with Crippen molar-refractivity contribution < 1.29 is 9.90 Å². The van der Waals surface area contributed by atoms with Crippen molar-refractivity contribution in [3.05, 3.63) is 0 Å². The number of hydrogen-bond acceptors (Lipinski definition) is 2. The van der Waals surface area contributed by atoms with Gasteiger partial charge in [0.25, 0.3) is 0 Å². The van der Waals surface area contributed by atoms with Crippen molar-refractivity contribution in [2.24, 2.45) is 0 Å². The van der Waals surface area contributed by atoms with Crippen molar-refractivity contribution in [3.8, 4) is 0 Å². The quantitative estimate of drug-likeness (QED) is 0.507. The average Bonchev–Trinajstić information content (AvgIpc) is 1.93. The molecule has 0 atom stereocenters. The molecule has 0 heterocycles. The van der Waals surface area contributed by atoms with E-state index < -0.39 is 0 Å². The molecule has 0 saturated heterocycles. The number of aliphatic hydroxyl groups is 1. The first-order valence-corrected chi connectivity index (χ1v) is 4.13. The van der Waals surface area contributed by atoms with Crippen LogP contribution in [0, 0.1) is 0 Å². The van der Waals surface area contributed by atoms with Crippen LogP contribution in [0.5, 0.6) is 0 Å². The fourth-order valence-corrected chi connectivity index (χ4v) is 1.51. The van der Waals surface area contributed by atoms with Crippen LogP contribution in [0.15, 0.2) is 0 Å². The molecule has 1 aliphatic carbocycles. The summed E-state index contributed by atoms with van der Waals surface area (Å²) in [5, 5.41) is 12.0. The Kier molecular flexibility index (Phi) is 2.94. The summed E-state index contributed by atoms with van der Waals surface area (Å²) in [6, 6.07) is 0.302. The number of carbonyl (C=O) groups is 1. The lowest BCUT2D eigenvalue weighted by Crippen LogP contribution is -2.37. The minimum atomic E-state index is -0.139. The number of aliphatic hydroxyl groups excluding tert-OH is 1. The van der Waals surface area contributed by atoms with Gasteiger partial charge < -0.3 is 10.4 Å². The van der Waals surface area contributed by atoms with E-state index in [9.17, 15) is 4.79 Å². The highest BCUT2D eigenvalue weighted by atomic mass is 16.3. The van der Waals surface area contributed by atoms with Gasteiger partial charge in [-0.2, -0.15) is 0 Å². The molecule has 0 spiro atoms. The fraction of sp³-hybridized carbons (Fsp3) is 0.857. The van der Waals surface area contributed by atoms with Crippen molar-refractivity contribution >= 4 is 13.7 Å². The van der Waals surface area contributed by atoms with Crippen LogP contribution >= 0.6 is 0 Å². The fourth-order valence-electron chi connectivity index (χ4n) is 1.51. The van der Waals surface area contributed by atoms with E-state index in [-0.39, 0.29) is 11.9 Å². The van der Waals surface area contributed by atoms with Crippen molar-refractivity contribution in [2.75, 3.05) is 0 Å². The molecule has 0 aromatic carbocycles. The van der Waals surface area contributed by atoms with Gasteiger partial charge >= 0.3 is 0 Å². The normalized spacial score (nSPS) is 31.4. The van der Waals surface area contributed by atoms with Gasteiger partial charge in [0, 0.05) is 6.04 Å². The number of nitrogens with one attached hydrogen (secondary N) is 1. The predicted molar refractivity (Wildman–Crippen MR) is 45.3 cm³/mol. The Morgan fingerprint density at radius 1 is 1.36 bits per heavy atom. The third-order valence-corrected chi connectivity index (χ3v) is 2.10. The first-order valence-electron chi connectivity index (χ1n) is 4.13. The van der Waals surface area contributed by atoms with Gasteiger partial charge in [0.05, 0.1) is 6.10 Å². The lowest BCUT2D eigenvalue weighted by Gasteiger charge is -2.25. The van der Waals surface area contributed by atoms with Crippen LogP contribution in [0.25, 0.3) is 0 Å². The second kappa shape index (κ2) is 3.76. The van der Waals surface area contributed by atoms with Gasteiger partial charge in [0.15, 0.2) is 5.81 Å². The van der Waals surface area contributed by atoms with Gasteiger partial charge in [-0.05, 0) is 25.7 Å². The van der Waals surface area contributed by atoms with Gasteiger partial charge in [-0.15, -0.1) is 0 Å². The smallest absolute Gasteiger partial charge is 0.215 e. The molecule has 62 valence electrons. The Labute approximate surface area is 67.6 Å². The number of rotatable bonds is 1. The Balaban J connectivity index is 2.22. The SMILES string of the molecule is BC(=O)NC1CCC(O)CC1. The highest BCUT2D eigenvalue weighted by Gasteiger charge is 2.19. The number of hydrogen-bond donors (Lipinski definition) is 2. The Morgan fingerprint density at radius 3 is 2.36 bits per heavy atom. The summed E-state index contributed by atoms with van der Waals surface area (Å²) in [6.07, 6.45) is 3.34. The largest absolute Gasteiger partial charge is 0.393 e. The van der Waals surface area contributed by atoms with Crippen molar-refractivity contribution in [1.82, 2.24) is 5.32 Å². The van der Waals surface area contributed by atoms with E-state index in [1.165, 1.54) is 7.85 Å². The third-order valence-electron chi connectivity index (χ3n) is 2.10. The summed E-state index contributed by atoms with van der Waals surface area (Å²) in [5.74, 6) is 0.0337. The molecular formula is C7H14BNO2. The second-order valence-corrected chi connectivity index (χ2v) is 3.21. The maximum Gasteiger partial charge on any atom is 0.215 e. The van der Waals surface area contributed by atoms with Gasteiger partial charge in [0.1, 0.15) is 0 Å². The molecule has 0 aliphatic heterocycles. The molecule has 1 rings (SSSR count). The van der Waals surface area contributed by atoms with Crippen LogP contribution in [0.1, 0.15) is 25.7 Å². The van der Waals surface area contributed by atoms with Gasteiger partial charge in [-0.25, -0.2) is 0 Å². The zero-order valence-electron chi connectivity index (χ0n) is 6.84. The van der Waals surface area contributed by atoms with E-state index in [4.69, 9.17) is 5.11 Å². The molecule has 0 aromatic rings. The van der Waals surface area contributed by atoms with Crippen LogP contribution in [-0.4, -0.2) is 30.9 Å². The maximum absolute atomic E-state index is 10.6. The number of carbonyl (C=O) groups excluding carboxylic acids is 1. The summed E-state index contributed by atoms with van der Waals surface area (Å²) < 4.78 is 0. The number of amides is 1. The average molecular weight is 155 g/mol. The molecule has 2 N–H and O–H groups in total. The molecule has 11 heavy (non-hydrogen) atoms. The van der Waals surface area contributed by atoms with Gasteiger partial charge in [-0.3, -0.25) is 4.79 Å². The molecule has 1 amide bonds. The molecule has 3 nitrogen and oxygen atoms in total. The van der Waals surface area contributed by atoms with E-state index >= 15 is 0 Å². The van der Waals surface area contributed by atoms with E-state index in [2.05, 4.69) is 5.32 Å². The Hall–Kier alpha value is -0.505. The summed E-state index contributed by atoms with van der Waals surface area (Å²) in [4.78, 5) is 10.6. The minimum Gasteiger partial charge on any atom is -0.393 e. The zero-order valence-corrected chi connectivity index (χ0v) is 6.84. The second-order valence-electron chi connectivity index (χ2n) is 3.21. The van der Waals surface area contributed by atoms with Crippen LogP contribution in [-0.2, 0) is 0 Å². The van der Waals surface area contributed by atoms with E-state index in [0.29, 0.717) is 6.04 Å². The molecule has 4 heteroatoms. The van der Waals surface area contributed by atoms with E-state index in [0.717, 1.165) is 25.7 Å².